The first-order valence-electron chi connectivity index (χ1n) is 42.5. The number of aromatic hydroxyl groups is 4. The Morgan fingerprint density at radius 3 is 1.00 bits per heavy atom. The molecule has 15 N–H and O–H groups in total. The second-order valence-corrected chi connectivity index (χ2v) is 39.9. The van der Waals surface area contributed by atoms with Gasteiger partial charge in [0.25, 0.3) is 0 Å². The monoisotopic (exact) mass is 2060 g/mol. The van der Waals surface area contributed by atoms with E-state index in [4.69, 9.17) is 94.9 Å². The van der Waals surface area contributed by atoms with Crippen LogP contribution in [0.1, 0.15) is 117 Å². The van der Waals surface area contributed by atoms with Crippen LogP contribution < -0.4 is 33.4 Å². The summed E-state index contributed by atoms with van der Waals surface area (Å²) in [5.74, 6) is -3.63. The second kappa shape index (κ2) is 50.8. The minimum Gasteiger partial charge on any atom is -0.492 e. The molecule has 4 aromatic carbocycles. The Balaban J connectivity index is 0.000000209. The molecule has 0 radical (unpaired) electrons. The van der Waals surface area contributed by atoms with E-state index in [-0.39, 0.29) is 75.8 Å². The number of hydrogen-bond acceptors (Lipinski definition) is 45. The van der Waals surface area contributed by atoms with Crippen molar-refractivity contribution in [3.63, 3.8) is 0 Å². The number of imidazole rings is 4. The Labute approximate surface area is 804 Å². The molecule has 140 heavy (non-hydrogen) atoms. The molecule has 4 fully saturated rings. The van der Waals surface area contributed by atoms with E-state index in [1.165, 1.54) is 57.4 Å². The number of aromatic nitrogens is 8. The van der Waals surface area contributed by atoms with Crippen molar-refractivity contribution in [3.05, 3.63) is 169 Å². The molecule has 51 nitrogen and oxygen atoms in total. The standard InChI is InChI=1S/C22H28N3O9PS.2C21H27N4O9P.C20H25N4O9P/c1-22(2,3)21(29)36-10-9-31-35(30,34-14-7-5-4-6-8-14)32-12-16-17(26)18(27)20(33-16)25-13-24-15(11-23)19(25)28;1-12(2)16(21(29)31-3)24-35(30,34-13-7-5-4-6-8-13)32-10-15-17(26)18(27)20(33-15)25-11-23-14(9-22)19(25)28;1-12(2)32-21(29)13(3)24-35(30,34-14-7-5-4-6-8-14)31-10-16-17(26)18(27)20(33-16)25-11-23-15(9-22)19(25)28;1-3-30-20(28)12(2)23-34(29,33-13-7-5-4-6-8-13)31-10-15-16(25)17(26)19(32-15)24-11-22-14(9-21)18(24)27/h4-8,13,16-18,20,26-28H,9-10,12H2,1-3H3;4-8,11-12,15-18,20,26-28H,10H2,1-3H3,(H,24,30);4-8,11-13,16-18,20,26-28H,10H2,1-3H3,(H,24,30);4-8,11-12,15-17,19,25-27H,3,10H2,1-2H3,(H,23,29)/t16-,17?,18-,20-,35?;15-,16+,17?,18-,20-,35?;13-,16+,17?,18+,20+,35?;12-,15+,16?,17+,19+,34?/m1100/s1. The van der Waals surface area contributed by atoms with Crippen LogP contribution in [0.15, 0.2) is 147 Å². The summed E-state index contributed by atoms with van der Waals surface area (Å²) in [5, 5.41) is 167. The number of nitriles is 4. The minimum absolute atomic E-state index is 0.0596. The number of nitrogens with zero attached hydrogens (tertiary/aromatic N) is 12. The van der Waals surface area contributed by atoms with Gasteiger partial charge in [0, 0.05) is 11.2 Å². The highest BCUT2D eigenvalue weighted by Gasteiger charge is 2.52. The molecular formula is C84H107N15O36P4S. The number of phosphoric ester groups is 1. The van der Waals surface area contributed by atoms with Gasteiger partial charge in [-0.2, -0.15) is 36.3 Å². The summed E-state index contributed by atoms with van der Waals surface area (Å²) in [6.45, 7) is 14.5. The number of rotatable bonds is 40. The number of para-hydroxylation sites is 4. The smallest absolute Gasteiger partial charge is 0.492 e. The molecule has 0 amide bonds. The summed E-state index contributed by atoms with van der Waals surface area (Å²) < 4.78 is 144. The predicted molar refractivity (Wildman–Crippen MR) is 480 cm³/mol. The van der Waals surface area contributed by atoms with Gasteiger partial charge in [0.1, 0.15) is 164 Å². The van der Waals surface area contributed by atoms with Crippen molar-refractivity contribution in [2.75, 3.05) is 52.5 Å². The molecule has 0 saturated carbocycles. The van der Waals surface area contributed by atoms with Gasteiger partial charge in [-0.25, -0.2) is 38.2 Å². The van der Waals surface area contributed by atoms with Crippen molar-refractivity contribution >= 4 is 65.8 Å². The summed E-state index contributed by atoms with van der Waals surface area (Å²) in [6, 6.07) is 35.9. The summed E-state index contributed by atoms with van der Waals surface area (Å²) in [6.07, 6.45) is -18.2. The van der Waals surface area contributed by atoms with Crippen molar-refractivity contribution in [3.8, 4) is 70.8 Å². The fraction of sp³-hybridized carbons (Fsp3) is 0.476. The lowest BCUT2D eigenvalue weighted by molar-refractivity contribution is -0.149. The average molecular weight is 2060 g/mol. The quantitative estimate of drug-likeness (QED) is 0.00945. The van der Waals surface area contributed by atoms with Crippen LogP contribution in [0.4, 0.5) is 0 Å². The number of carbonyl (C=O) groups excluding carboxylic acids is 4. The number of thioether (sulfide) groups is 1. The number of methoxy groups -OCH3 is 1. The molecule has 12 rings (SSSR count). The highest BCUT2D eigenvalue weighted by atomic mass is 32.2. The lowest BCUT2D eigenvalue weighted by atomic mass is 10.00. The summed E-state index contributed by atoms with van der Waals surface area (Å²) in [4.78, 5) is 63.4. The molecule has 8 aromatic rings. The van der Waals surface area contributed by atoms with Crippen molar-refractivity contribution in [1.29, 1.82) is 21.0 Å². The van der Waals surface area contributed by atoms with Gasteiger partial charge in [0.2, 0.25) is 46.3 Å². The van der Waals surface area contributed by atoms with Gasteiger partial charge in [0.15, 0.2) is 30.0 Å². The summed E-state index contributed by atoms with van der Waals surface area (Å²) in [7, 11) is -15.8. The van der Waals surface area contributed by atoms with E-state index in [2.05, 4.69) is 35.2 Å². The van der Waals surface area contributed by atoms with Crippen LogP contribution >= 0.6 is 42.8 Å². The molecule has 4 saturated heterocycles. The average Bonchev–Trinajstić information content (AvgIpc) is 1.65. The van der Waals surface area contributed by atoms with Crippen LogP contribution in [-0.2, 0) is 93.2 Å². The first-order chi connectivity index (χ1) is 66.3. The Bertz CT molecular complexity index is 5800. The molecule has 0 spiro atoms. The molecule has 4 aliphatic rings. The van der Waals surface area contributed by atoms with Crippen LogP contribution in [0.25, 0.3) is 0 Å². The molecule has 0 aliphatic carbocycles. The topological polar surface area (TPSA) is 730 Å². The molecule has 8 heterocycles. The maximum atomic E-state index is 13.7. The third-order valence-corrected chi connectivity index (χ3v) is 27.5. The number of hydrogen-bond donors (Lipinski definition) is 15. The zero-order chi connectivity index (χ0) is 103. The Morgan fingerprint density at radius 2 is 0.729 bits per heavy atom. The molecule has 56 heteroatoms. The maximum absolute atomic E-state index is 13.7. The highest BCUT2D eigenvalue weighted by molar-refractivity contribution is 8.13. The van der Waals surface area contributed by atoms with Crippen molar-refractivity contribution in [2.45, 2.75) is 192 Å². The van der Waals surface area contributed by atoms with Gasteiger partial charge in [-0.3, -0.25) is 60.1 Å². The van der Waals surface area contributed by atoms with Crippen LogP contribution in [-0.4, -0.2) is 272 Å². The van der Waals surface area contributed by atoms with Gasteiger partial charge in [-0.15, -0.1) is 0 Å². The zero-order valence-electron chi connectivity index (χ0n) is 76.7. The Hall–Kier alpha value is -11.4. The highest BCUT2D eigenvalue weighted by Crippen LogP contribution is 2.53. The van der Waals surface area contributed by atoms with E-state index in [0.717, 1.165) is 55.3 Å². The number of aliphatic hydroxyl groups excluding tert-OH is 8. The third kappa shape index (κ3) is 29.9. The van der Waals surface area contributed by atoms with E-state index in [1.54, 1.807) is 165 Å². The second-order valence-electron chi connectivity index (χ2n) is 32.2. The molecule has 23 atom stereocenters. The van der Waals surface area contributed by atoms with Crippen molar-refractivity contribution < 1.29 is 173 Å². The molecular weight excluding hydrogens is 1950 g/mol. The van der Waals surface area contributed by atoms with Gasteiger partial charge >= 0.3 is 49.0 Å². The number of nitrogens with one attached hydrogen (secondary N) is 3. The fourth-order valence-corrected chi connectivity index (χ4v) is 19.6. The number of benzene rings is 4. The number of esters is 3. The fourth-order valence-electron chi connectivity index (χ4n) is 12.8. The predicted octanol–water partition coefficient (Wildman–Crippen LogP) is 5.71. The van der Waals surface area contributed by atoms with Crippen molar-refractivity contribution in [1.82, 2.24) is 53.5 Å². The number of ether oxygens (including phenoxy) is 7. The van der Waals surface area contributed by atoms with E-state index in [0.29, 0.717) is 0 Å². The minimum atomic E-state index is -4.25. The first-order valence-corrected chi connectivity index (χ1v) is 49.6. The lowest BCUT2D eigenvalue weighted by Gasteiger charge is -2.27. The first kappa shape index (κ1) is 112. The van der Waals surface area contributed by atoms with Crippen LogP contribution in [0, 0.1) is 56.7 Å². The van der Waals surface area contributed by atoms with Gasteiger partial charge in [-0.05, 0) is 89.1 Å². The number of carbonyl (C=O) groups is 4. The van der Waals surface area contributed by atoms with E-state index in [1.807, 2.05) is 0 Å². The third-order valence-electron chi connectivity index (χ3n) is 20.1. The number of phosphoric acid groups is 1. The van der Waals surface area contributed by atoms with Crippen molar-refractivity contribution in [2.24, 2.45) is 11.3 Å². The molecule has 0 bridgehead atoms. The normalized spacial score (nSPS) is 24.3. The molecule has 760 valence electrons. The van der Waals surface area contributed by atoms with E-state index < -0.39 is 227 Å². The Morgan fingerprint density at radius 1 is 0.436 bits per heavy atom. The molecule has 8 unspecified atom stereocenters. The van der Waals surface area contributed by atoms with Gasteiger partial charge in [0.05, 0.1) is 52.9 Å². The van der Waals surface area contributed by atoms with E-state index >= 15 is 0 Å². The van der Waals surface area contributed by atoms with Gasteiger partial charge < -0.3 is 113 Å². The molecule has 4 aromatic heterocycles. The lowest BCUT2D eigenvalue weighted by Crippen LogP contribution is -2.42. The van der Waals surface area contributed by atoms with Crippen LogP contribution in [0.5, 0.6) is 46.5 Å². The zero-order valence-corrected chi connectivity index (χ0v) is 81.1. The van der Waals surface area contributed by atoms with Crippen LogP contribution in [0.2, 0.25) is 0 Å². The molecule has 4 aliphatic heterocycles. The van der Waals surface area contributed by atoms with Crippen LogP contribution in [0.3, 0.4) is 0 Å². The summed E-state index contributed by atoms with van der Waals surface area (Å²) >= 11 is 1.03. The Kier molecular flexibility index (Phi) is 40.8. The maximum Gasteiger partial charge on any atom is 0.530 e. The SMILES string of the molecule is CC(C)(C)C(=O)SCCOP(=O)(OC[C@H]1O[C@@H](n2cnc(C#N)c2O)[C@H](O)C1O)Oc1ccccc1.CC(C)OC(=O)[C@H](C)NP(=O)(OC[C@H]1O[C@@H](n2cnc(C#N)c2O)[C@H](O)C1O)Oc1ccccc1.CCOC(=O)[C@H](C)NP(=O)(OC[C@H]1O[C@@H](n2cnc(C#N)c2O)[C@H](O)C1O)Oc1ccccc1.COC(=O)[C@@H](NP(=O)(OC[C@H]1O[C@@H](n2cnc(C#N)c2O)[C@H](O)C1O)Oc1ccccc1)C(C)C. The van der Waals surface area contributed by atoms with E-state index in [9.17, 15) is 98.7 Å². The largest absolute Gasteiger partial charge is 0.530 e. The summed E-state index contributed by atoms with van der Waals surface area (Å²) in [5.41, 5.74) is -1.69. The number of aliphatic hydroxyl groups is 8. The van der Waals surface area contributed by atoms with Gasteiger partial charge in [-0.1, -0.05) is 119 Å².